The molecule has 0 saturated carbocycles. The SMILES string of the molecule is Cc1c(O[C@@H](C)CCC2CCN(CC(=O)Nc3ccc4c(C5CCC(O)NC5=O)nn(C)c4c3)CC2)cccc1-c1ccc(N2CCc3cccc(C(=O)Nc4nc5ccccc5s4)c3C2)nc1C(=O)O. The van der Waals surface area contributed by atoms with Crippen LogP contribution in [0.25, 0.3) is 32.2 Å². The van der Waals surface area contributed by atoms with Crippen LogP contribution in [0.1, 0.15) is 94.6 Å². The molecule has 2 fully saturated rings. The van der Waals surface area contributed by atoms with Gasteiger partial charge in [-0.3, -0.25) is 29.3 Å². The van der Waals surface area contributed by atoms with Crippen molar-refractivity contribution in [3.05, 3.63) is 125 Å². The topological polar surface area (TPSA) is 204 Å². The molecule has 0 spiro atoms. The molecule has 3 atom stereocenters. The molecule has 4 aromatic carbocycles. The van der Waals surface area contributed by atoms with Crippen LogP contribution in [0.2, 0.25) is 0 Å². The summed E-state index contributed by atoms with van der Waals surface area (Å²) in [4.78, 5) is 65.8. The number of anilines is 3. The highest BCUT2D eigenvalue weighted by molar-refractivity contribution is 7.22. The molecule has 7 aromatic rings. The normalized spacial score (nSPS) is 18.0. The maximum Gasteiger partial charge on any atom is 0.355 e. The summed E-state index contributed by atoms with van der Waals surface area (Å²) < 4.78 is 9.25. The average molecular weight is 976 g/mol. The smallest absolute Gasteiger partial charge is 0.355 e. The van der Waals surface area contributed by atoms with Gasteiger partial charge in [-0.2, -0.15) is 5.10 Å². The number of carboxylic acid groups (broad SMARTS) is 1. The van der Waals surface area contributed by atoms with E-state index in [9.17, 15) is 29.4 Å². The standard InChI is InChI=1S/C54H57N9O7S/c1-31(14-15-33-22-25-62(26-23-33)30-48(65)55-35-16-17-39-43(28-35)61(3)60-49(39)40-19-21-47(64)58-52(40)67)70-44-12-7-9-36(32(44)2)37-18-20-46(57-50(37)53(68)69)63-27-24-34-8-6-10-38(41(34)29-63)51(66)59-54-56-42-11-4-5-13-45(42)71-54/h4-13,16-18,20,28,31,33,40,47,64H,14-15,19,21-27,29-30H2,1-3H3,(H,55,65)(H,58,67)(H,68,69)(H,56,59,66)/t31-,40?,47?/m0/s1. The molecule has 0 radical (unpaired) electrons. The summed E-state index contributed by atoms with van der Waals surface area (Å²) in [5.74, 6) is -0.393. The highest BCUT2D eigenvalue weighted by Crippen LogP contribution is 2.37. The van der Waals surface area contributed by atoms with Crippen molar-refractivity contribution in [2.45, 2.75) is 83.6 Å². The number of carbonyl (C=O) groups excluding carboxylic acids is 3. The second-order valence-corrected chi connectivity index (χ2v) is 20.1. The van der Waals surface area contributed by atoms with Gasteiger partial charge in [-0.1, -0.05) is 47.7 Å². The Hall–Kier alpha value is -7.21. The predicted octanol–water partition coefficient (Wildman–Crippen LogP) is 8.28. The number of thiazole rings is 1. The van der Waals surface area contributed by atoms with Gasteiger partial charge in [0.25, 0.3) is 5.91 Å². The number of ether oxygens (including phenoxy) is 1. The Kier molecular flexibility index (Phi) is 13.5. The van der Waals surface area contributed by atoms with E-state index in [0.717, 1.165) is 82.1 Å². The van der Waals surface area contributed by atoms with Crippen LogP contribution in [0, 0.1) is 12.8 Å². The Labute approximate surface area is 415 Å². The van der Waals surface area contributed by atoms with E-state index >= 15 is 0 Å². The van der Waals surface area contributed by atoms with Gasteiger partial charge in [0.1, 0.15) is 17.8 Å². The fourth-order valence-electron chi connectivity index (χ4n) is 10.4. The van der Waals surface area contributed by atoms with E-state index in [-0.39, 0.29) is 29.5 Å². The highest BCUT2D eigenvalue weighted by atomic mass is 32.1. The number of para-hydroxylation sites is 1. The average Bonchev–Trinajstić information content (AvgIpc) is 3.93. The highest BCUT2D eigenvalue weighted by Gasteiger charge is 2.32. The Balaban J connectivity index is 0.721. The van der Waals surface area contributed by atoms with E-state index in [1.807, 2.05) is 110 Å². The molecule has 2 unspecified atom stereocenters. The number of piperidine rings is 2. The summed E-state index contributed by atoms with van der Waals surface area (Å²) in [5, 5.41) is 35.0. The number of benzene rings is 4. The van der Waals surface area contributed by atoms with E-state index < -0.39 is 18.1 Å². The second-order valence-electron chi connectivity index (χ2n) is 19.0. The molecule has 5 N–H and O–H groups in total. The molecule has 3 aliphatic heterocycles. The molecule has 366 valence electrons. The van der Waals surface area contributed by atoms with Crippen LogP contribution in [0.15, 0.2) is 91.0 Å². The number of carboxylic acids is 1. The first kappa shape index (κ1) is 47.5. The molecule has 3 amide bonds. The quantitative estimate of drug-likeness (QED) is 0.0699. The third kappa shape index (κ3) is 10.2. The number of aromatic nitrogens is 4. The summed E-state index contributed by atoms with van der Waals surface area (Å²) in [5.41, 5.74) is 7.51. The van der Waals surface area contributed by atoms with Crippen molar-refractivity contribution in [1.82, 2.24) is 30.0 Å². The van der Waals surface area contributed by atoms with Gasteiger partial charge in [0, 0.05) is 42.3 Å². The van der Waals surface area contributed by atoms with E-state index in [2.05, 4.69) is 37.9 Å². The molecule has 71 heavy (non-hydrogen) atoms. The molecular weight excluding hydrogens is 919 g/mol. The molecule has 17 heteroatoms. The van der Waals surface area contributed by atoms with Crippen LogP contribution < -0.4 is 25.6 Å². The van der Waals surface area contributed by atoms with Crippen LogP contribution in [-0.2, 0) is 29.6 Å². The van der Waals surface area contributed by atoms with Gasteiger partial charge in [0.15, 0.2) is 10.8 Å². The van der Waals surface area contributed by atoms with Crippen molar-refractivity contribution in [2.24, 2.45) is 13.0 Å². The lowest BCUT2D eigenvalue weighted by Gasteiger charge is -2.32. The number of likely N-dealkylation sites (tertiary alicyclic amines) is 1. The van der Waals surface area contributed by atoms with Crippen LogP contribution in [-0.4, -0.2) is 97.1 Å². The number of fused-ring (bicyclic) bond motifs is 3. The number of hydrogen-bond donors (Lipinski definition) is 5. The number of pyridine rings is 1. The van der Waals surface area contributed by atoms with E-state index in [1.165, 1.54) is 11.3 Å². The monoisotopic (exact) mass is 975 g/mol. The summed E-state index contributed by atoms with van der Waals surface area (Å²) in [6, 6.07) is 28.5. The molecule has 0 aliphatic carbocycles. The summed E-state index contributed by atoms with van der Waals surface area (Å²) in [6.45, 7) is 6.97. The fraction of sp³-hybridized carbons (Fsp3) is 0.352. The van der Waals surface area contributed by atoms with Crippen molar-refractivity contribution < 1.29 is 34.1 Å². The molecule has 6 heterocycles. The number of amides is 3. The lowest BCUT2D eigenvalue weighted by molar-refractivity contribution is -0.128. The number of aliphatic hydroxyl groups is 1. The first-order valence-electron chi connectivity index (χ1n) is 24.4. The molecule has 3 aromatic heterocycles. The number of nitrogens with zero attached hydrogens (tertiary/aromatic N) is 6. The maximum atomic E-state index is 13.6. The number of aryl methyl sites for hydroxylation is 1. The van der Waals surface area contributed by atoms with Crippen molar-refractivity contribution in [3.8, 4) is 16.9 Å². The number of rotatable bonds is 14. The van der Waals surface area contributed by atoms with Gasteiger partial charge >= 0.3 is 5.97 Å². The van der Waals surface area contributed by atoms with E-state index in [1.54, 1.807) is 4.68 Å². The van der Waals surface area contributed by atoms with Crippen LogP contribution in [0.4, 0.5) is 16.6 Å². The minimum absolute atomic E-state index is 0.0530. The summed E-state index contributed by atoms with van der Waals surface area (Å²) in [7, 11) is 1.82. The van der Waals surface area contributed by atoms with E-state index in [0.29, 0.717) is 84.0 Å². The number of carbonyl (C=O) groups is 4. The van der Waals surface area contributed by atoms with Crippen molar-refractivity contribution in [3.63, 3.8) is 0 Å². The van der Waals surface area contributed by atoms with Gasteiger partial charge in [-0.15, -0.1) is 0 Å². The first-order chi connectivity index (χ1) is 34.3. The predicted molar refractivity (Wildman–Crippen MR) is 274 cm³/mol. The van der Waals surface area contributed by atoms with Gasteiger partial charge in [0.2, 0.25) is 11.8 Å². The largest absolute Gasteiger partial charge is 0.490 e. The van der Waals surface area contributed by atoms with E-state index in [4.69, 9.17) is 9.72 Å². The third-order valence-electron chi connectivity index (χ3n) is 14.2. The Bertz CT molecular complexity index is 3150. The molecule has 10 rings (SSSR count). The van der Waals surface area contributed by atoms with Crippen molar-refractivity contribution in [1.29, 1.82) is 0 Å². The zero-order valence-electron chi connectivity index (χ0n) is 40.0. The fourth-order valence-corrected chi connectivity index (χ4v) is 11.2. The van der Waals surface area contributed by atoms with Gasteiger partial charge in [0.05, 0.1) is 40.0 Å². The molecule has 16 nitrogen and oxygen atoms in total. The van der Waals surface area contributed by atoms with Gasteiger partial charge in [-0.25, -0.2) is 14.8 Å². The Morgan fingerprint density at radius 2 is 1.73 bits per heavy atom. The lowest BCUT2D eigenvalue weighted by Crippen LogP contribution is -2.42. The summed E-state index contributed by atoms with van der Waals surface area (Å²) >= 11 is 1.43. The number of nitrogens with one attached hydrogen (secondary N) is 3. The lowest BCUT2D eigenvalue weighted by atomic mass is 9.91. The Morgan fingerprint density at radius 3 is 2.54 bits per heavy atom. The number of aromatic carboxylic acids is 1. The second kappa shape index (κ2) is 20.3. The maximum absolute atomic E-state index is 13.6. The van der Waals surface area contributed by atoms with Crippen LogP contribution in [0.3, 0.4) is 0 Å². The van der Waals surface area contributed by atoms with Crippen LogP contribution in [0.5, 0.6) is 5.75 Å². The zero-order chi connectivity index (χ0) is 49.3. The van der Waals surface area contributed by atoms with Gasteiger partial charge < -0.3 is 30.5 Å². The zero-order valence-corrected chi connectivity index (χ0v) is 40.8. The Morgan fingerprint density at radius 1 is 0.915 bits per heavy atom. The minimum atomic E-state index is -1.13. The molecule has 3 aliphatic rings. The minimum Gasteiger partial charge on any atom is -0.490 e. The number of aliphatic hydroxyl groups excluding tert-OH is 1. The first-order valence-corrected chi connectivity index (χ1v) is 25.2. The molecule has 0 bridgehead atoms. The molecule has 2 saturated heterocycles. The summed E-state index contributed by atoms with van der Waals surface area (Å²) in [6.07, 6.45) is 4.55. The van der Waals surface area contributed by atoms with Crippen molar-refractivity contribution in [2.75, 3.05) is 41.7 Å². The number of hydrogen-bond acceptors (Lipinski definition) is 12. The third-order valence-corrected chi connectivity index (χ3v) is 15.2. The van der Waals surface area contributed by atoms with Crippen molar-refractivity contribution >= 4 is 72.8 Å². The molecular formula is C54H57N9O7S. The van der Waals surface area contributed by atoms with Gasteiger partial charge in [-0.05, 0) is 155 Å². The van der Waals surface area contributed by atoms with Crippen LogP contribution >= 0.6 is 11.3 Å².